The van der Waals surface area contributed by atoms with Gasteiger partial charge in [-0.15, -0.1) is 0 Å². The quantitative estimate of drug-likeness (QED) is 0.287. The van der Waals surface area contributed by atoms with E-state index in [0.717, 1.165) is 49.2 Å². The lowest BCUT2D eigenvalue weighted by atomic mass is 10.0. The fraction of sp³-hybridized carbons (Fsp3) is 0.0714. The van der Waals surface area contributed by atoms with Crippen molar-refractivity contribution in [2.24, 2.45) is 0 Å². The van der Waals surface area contributed by atoms with Gasteiger partial charge in [0.1, 0.15) is 23.4 Å². The molecule has 0 bridgehead atoms. The molecule has 0 saturated heterocycles. The fourth-order valence-corrected chi connectivity index (χ4v) is 5.22. The lowest BCUT2D eigenvalue weighted by Crippen LogP contribution is -2.19. The summed E-state index contributed by atoms with van der Waals surface area (Å²) in [6, 6.07) is 19.5. The number of hydrogen-bond acceptors (Lipinski definition) is 6. The highest BCUT2D eigenvalue weighted by Gasteiger charge is 2.22. The highest BCUT2D eigenvalue weighted by atomic mass is 79.9. The lowest BCUT2D eigenvalue weighted by molar-refractivity contribution is 0.308. The van der Waals surface area contributed by atoms with Crippen molar-refractivity contribution in [3.05, 3.63) is 111 Å². The van der Waals surface area contributed by atoms with Gasteiger partial charge in [0.15, 0.2) is 5.43 Å². The Morgan fingerprint density at radius 1 is 0.973 bits per heavy atom. The number of ether oxygens (including phenoxy) is 1. The minimum absolute atomic E-state index is 0.0272. The average molecular weight is 551 g/mol. The summed E-state index contributed by atoms with van der Waals surface area (Å²) < 4.78 is 9.27. The van der Waals surface area contributed by atoms with Crippen molar-refractivity contribution < 1.29 is 4.74 Å². The van der Waals surface area contributed by atoms with Crippen molar-refractivity contribution in [3.8, 4) is 11.4 Å². The highest BCUT2D eigenvalue weighted by molar-refractivity contribution is 9.10. The standard InChI is InChI=1S/C28H19BrN6O2/c29-19-6-7-22-25(10-19)35-14-18(9-16-3-2-8-30-13-16)28(36)21-11-20(12-24(31-22)27(21)35)37-15-17-4-1-5-23-26(17)33-34-32-23/h1-8,10-14,31H,9,15H2,(H,32,33,34). The summed E-state index contributed by atoms with van der Waals surface area (Å²) in [7, 11) is 0. The number of halogens is 1. The van der Waals surface area contributed by atoms with Gasteiger partial charge in [-0.2, -0.15) is 15.4 Å². The Kier molecular flexibility index (Phi) is 5.03. The summed E-state index contributed by atoms with van der Waals surface area (Å²) in [5.74, 6) is 0.596. The van der Waals surface area contributed by atoms with Crippen LogP contribution < -0.4 is 15.5 Å². The van der Waals surface area contributed by atoms with E-state index in [1.54, 1.807) is 12.4 Å². The van der Waals surface area contributed by atoms with E-state index in [-0.39, 0.29) is 5.43 Å². The summed E-state index contributed by atoms with van der Waals surface area (Å²) in [6.07, 6.45) is 5.95. The van der Waals surface area contributed by atoms with E-state index in [4.69, 9.17) is 4.74 Å². The molecule has 0 spiro atoms. The van der Waals surface area contributed by atoms with Crippen LogP contribution in [0.25, 0.3) is 27.6 Å². The lowest BCUT2D eigenvalue weighted by Gasteiger charge is -2.26. The maximum atomic E-state index is 13.8. The molecule has 0 atom stereocenters. The Morgan fingerprint density at radius 2 is 1.92 bits per heavy atom. The molecule has 8 nitrogen and oxygen atoms in total. The predicted molar refractivity (Wildman–Crippen MR) is 146 cm³/mol. The van der Waals surface area contributed by atoms with Gasteiger partial charge in [0.05, 0.1) is 28.0 Å². The van der Waals surface area contributed by atoms with E-state index < -0.39 is 0 Å². The van der Waals surface area contributed by atoms with Crippen LogP contribution in [0.5, 0.6) is 5.75 Å². The van der Waals surface area contributed by atoms with Crippen LogP contribution >= 0.6 is 15.9 Å². The molecular weight excluding hydrogens is 532 g/mol. The van der Waals surface area contributed by atoms with Gasteiger partial charge in [-0.3, -0.25) is 9.78 Å². The van der Waals surface area contributed by atoms with Gasteiger partial charge in [0.25, 0.3) is 0 Å². The van der Waals surface area contributed by atoms with Crippen LogP contribution in [-0.4, -0.2) is 25.0 Å². The summed E-state index contributed by atoms with van der Waals surface area (Å²) in [5, 5.41) is 15.1. The zero-order valence-electron chi connectivity index (χ0n) is 19.4. The van der Waals surface area contributed by atoms with Gasteiger partial charge in [0.2, 0.25) is 0 Å². The van der Waals surface area contributed by atoms with E-state index in [1.165, 1.54) is 0 Å². The monoisotopic (exact) mass is 550 g/mol. The second kappa shape index (κ2) is 8.56. The smallest absolute Gasteiger partial charge is 0.193 e. The number of fused-ring (bicyclic) bond motifs is 3. The summed E-state index contributed by atoms with van der Waals surface area (Å²) in [6.45, 7) is 0.294. The minimum Gasteiger partial charge on any atom is -0.489 e. The van der Waals surface area contributed by atoms with E-state index in [9.17, 15) is 4.79 Å². The molecule has 7 rings (SSSR count). The molecule has 0 aliphatic carbocycles. The van der Waals surface area contributed by atoms with Crippen LogP contribution in [0.2, 0.25) is 0 Å². The van der Waals surface area contributed by atoms with Gasteiger partial charge in [-0.25, -0.2) is 0 Å². The topological polar surface area (TPSA) is 97.7 Å². The van der Waals surface area contributed by atoms with Crippen LogP contribution in [0.4, 0.5) is 11.4 Å². The van der Waals surface area contributed by atoms with Gasteiger partial charge in [-0.1, -0.05) is 34.1 Å². The van der Waals surface area contributed by atoms with Crippen molar-refractivity contribution >= 4 is 49.2 Å². The number of anilines is 2. The molecular formula is C28H19BrN6O2. The first kappa shape index (κ1) is 21.8. The molecule has 1 aliphatic heterocycles. The molecule has 2 N–H and O–H groups in total. The second-order valence-corrected chi connectivity index (χ2v) is 9.86. The van der Waals surface area contributed by atoms with Crippen LogP contribution in [0.15, 0.2) is 88.5 Å². The normalized spacial score (nSPS) is 11.9. The Hall–Kier alpha value is -4.50. The molecule has 0 unspecified atom stereocenters. The summed E-state index contributed by atoms with van der Waals surface area (Å²) in [4.78, 5) is 18.0. The van der Waals surface area contributed by atoms with Gasteiger partial charge in [0, 0.05) is 46.7 Å². The van der Waals surface area contributed by atoms with Crippen molar-refractivity contribution in [1.82, 2.24) is 25.0 Å². The van der Waals surface area contributed by atoms with E-state index >= 15 is 0 Å². The number of rotatable bonds is 5. The predicted octanol–water partition coefficient (Wildman–Crippen LogP) is 5.65. The van der Waals surface area contributed by atoms with Crippen molar-refractivity contribution in [2.45, 2.75) is 13.0 Å². The molecule has 0 fully saturated rings. The first-order valence-electron chi connectivity index (χ1n) is 11.7. The van der Waals surface area contributed by atoms with Crippen LogP contribution in [0, 0.1) is 0 Å². The average Bonchev–Trinajstić information content (AvgIpc) is 3.40. The molecule has 1 aliphatic rings. The maximum absolute atomic E-state index is 13.8. The number of nitrogens with one attached hydrogen (secondary N) is 2. The van der Waals surface area contributed by atoms with Crippen molar-refractivity contribution in [1.29, 1.82) is 0 Å². The van der Waals surface area contributed by atoms with Crippen molar-refractivity contribution in [3.63, 3.8) is 0 Å². The van der Waals surface area contributed by atoms with Crippen LogP contribution in [0.3, 0.4) is 0 Å². The second-order valence-electron chi connectivity index (χ2n) is 8.94. The summed E-state index contributed by atoms with van der Waals surface area (Å²) >= 11 is 3.59. The van der Waals surface area contributed by atoms with Crippen LogP contribution in [0.1, 0.15) is 16.7 Å². The number of nitrogens with zero attached hydrogens (tertiary/aromatic N) is 4. The maximum Gasteiger partial charge on any atom is 0.193 e. The van der Waals surface area contributed by atoms with Crippen LogP contribution in [-0.2, 0) is 13.0 Å². The summed E-state index contributed by atoms with van der Waals surface area (Å²) in [5.41, 5.74) is 7.62. The number of para-hydroxylation sites is 1. The zero-order valence-corrected chi connectivity index (χ0v) is 21.0. The fourth-order valence-electron chi connectivity index (χ4n) is 4.87. The first-order chi connectivity index (χ1) is 18.1. The molecule has 3 aromatic heterocycles. The Balaban J connectivity index is 1.37. The van der Waals surface area contributed by atoms with Gasteiger partial charge in [-0.05, 0) is 42.0 Å². The molecule has 37 heavy (non-hydrogen) atoms. The third-order valence-corrected chi connectivity index (χ3v) is 7.07. The van der Waals surface area contributed by atoms with Gasteiger partial charge >= 0.3 is 0 Å². The highest BCUT2D eigenvalue weighted by Crippen LogP contribution is 2.40. The third kappa shape index (κ3) is 3.75. The first-order valence-corrected chi connectivity index (χ1v) is 12.5. The SMILES string of the molecule is O=c1c(Cc2cccnc2)cn2c3c(cc(OCc4cccc5n[nH]nc45)cc13)Nc1ccc(Br)cc1-2. The number of aromatic amines is 1. The molecule has 0 radical (unpaired) electrons. The van der Waals surface area contributed by atoms with Crippen molar-refractivity contribution in [2.75, 3.05) is 5.32 Å². The Labute approximate surface area is 219 Å². The Bertz CT molecular complexity index is 1880. The number of hydrogen-bond donors (Lipinski definition) is 2. The number of benzene rings is 3. The molecule has 4 heterocycles. The molecule has 6 aromatic rings. The molecule has 9 heteroatoms. The third-order valence-electron chi connectivity index (χ3n) is 6.58. The number of pyridine rings is 2. The van der Waals surface area contributed by atoms with E-state index in [0.29, 0.717) is 29.7 Å². The molecule has 180 valence electrons. The van der Waals surface area contributed by atoms with E-state index in [1.807, 2.05) is 66.9 Å². The number of aromatic nitrogens is 5. The Morgan fingerprint density at radius 3 is 2.81 bits per heavy atom. The van der Waals surface area contributed by atoms with E-state index in [2.05, 4.69) is 46.2 Å². The molecule has 0 amide bonds. The largest absolute Gasteiger partial charge is 0.489 e. The minimum atomic E-state index is -0.0272. The zero-order chi connectivity index (χ0) is 24.9. The number of H-pyrrole nitrogens is 1. The molecule has 3 aromatic carbocycles. The molecule has 0 saturated carbocycles. The van der Waals surface area contributed by atoms with Gasteiger partial charge < -0.3 is 14.6 Å².